The van der Waals surface area contributed by atoms with Crippen LogP contribution in [-0.2, 0) is 4.79 Å². The molecule has 2 heterocycles. The minimum Gasteiger partial charge on any atom is -0.339 e. The summed E-state index contributed by atoms with van der Waals surface area (Å²) < 4.78 is 19.0. The molecule has 0 bridgehead atoms. The van der Waals surface area contributed by atoms with Gasteiger partial charge < -0.3 is 9.42 Å². The van der Waals surface area contributed by atoms with Crippen molar-refractivity contribution in [2.75, 3.05) is 11.4 Å². The number of amides is 1. The van der Waals surface area contributed by atoms with E-state index in [2.05, 4.69) is 10.1 Å². The van der Waals surface area contributed by atoms with Crippen LogP contribution in [0.1, 0.15) is 29.4 Å². The van der Waals surface area contributed by atoms with Gasteiger partial charge in [0.05, 0.1) is 16.6 Å². The third kappa shape index (κ3) is 3.32. The molecule has 1 unspecified atom stereocenters. The van der Waals surface area contributed by atoms with Crippen molar-refractivity contribution in [1.29, 1.82) is 0 Å². The number of rotatable bonds is 3. The predicted octanol–water partition coefficient (Wildman–Crippen LogP) is 4.67. The maximum absolute atomic E-state index is 13.6. The Kier molecular flexibility index (Phi) is 4.44. The zero-order valence-corrected chi connectivity index (χ0v) is 15.6. The predicted molar refractivity (Wildman–Crippen MR) is 100 cm³/mol. The second-order valence-corrected chi connectivity index (χ2v) is 7.18. The van der Waals surface area contributed by atoms with Crippen molar-refractivity contribution in [3.8, 4) is 11.4 Å². The number of anilines is 1. The highest BCUT2D eigenvalue weighted by atomic mass is 35.5. The number of carbonyl (C=O) groups is 1. The Hall–Kier alpha value is -2.73. The van der Waals surface area contributed by atoms with Crippen LogP contribution in [0.15, 0.2) is 40.9 Å². The fourth-order valence-corrected chi connectivity index (χ4v) is 3.51. The van der Waals surface area contributed by atoms with E-state index in [1.165, 1.54) is 23.1 Å². The summed E-state index contributed by atoms with van der Waals surface area (Å²) in [5, 5.41) is 4.41. The Labute approximate surface area is 160 Å². The lowest BCUT2D eigenvalue weighted by molar-refractivity contribution is -0.117. The highest BCUT2D eigenvalue weighted by molar-refractivity contribution is 6.33. The quantitative estimate of drug-likeness (QED) is 0.657. The molecule has 0 aliphatic carbocycles. The summed E-state index contributed by atoms with van der Waals surface area (Å²) in [5.41, 5.74) is 3.41. The smallest absolute Gasteiger partial charge is 0.232 e. The van der Waals surface area contributed by atoms with Gasteiger partial charge in [0.15, 0.2) is 0 Å². The molecule has 1 atom stereocenters. The van der Waals surface area contributed by atoms with E-state index in [9.17, 15) is 9.18 Å². The molecule has 2 aromatic carbocycles. The van der Waals surface area contributed by atoms with Gasteiger partial charge in [-0.15, -0.1) is 0 Å². The first-order chi connectivity index (χ1) is 12.9. The molecular weight excluding hydrogens is 369 g/mol. The molecule has 1 aromatic heterocycles. The van der Waals surface area contributed by atoms with Crippen LogP contribution in [0.3, 0.4) is 0 Å². The van der Waals surface area contributed by atoms with Crippen molar-refractivity contribution < 1.29 is 13.7 Å². The van der Waals surface area contributed by atoms with Crippen molar-refractivity contribution >= 4 is 23.2 Å². The largest absolute Gasteiger partial charge is 0.339 e. The van der Waals surface area contributed by atoms with Gasteiger partial charge in [0.25, 0.3) is 0 Å². The lowest BCUT2D eigenvalue weighted by Crippen LogP contribution is -2.24. The molecule has 1 aliphatic heterocycles. The number of hydrogen-bond acceptors (Lipinski definition) is 4. The first-order valence-electron chi connectivity index (χ1n) is 8.59. The minimum absolute atomic E-state index is 0.154. The summed E-state index contributed by atoms with van der Waals surface area (Å²) in [4.78, 5) is 18.4. The van der Waals surface area contributed by atoms with Gasteiger partial charge in [-0.2, -0.15) is 4.98 Å². The van der Waals surface area contributed by atoms with Crippen LogP contribution in [0.25, 0.3) is 11.4 Å². The molecule has 138 valence electrons. The molecular formula is C20H17ClFN3O2. The molecule has 3 aromatic rings. The summed E-state index contributed by atoms with van der Waals surface area (Å²) in [6, 6.07) is 10.0. The van der Waals surface area contributed by atoms with Gasteiger partial charge in [-0.1, -0.05) is 34.5 Å². The van der Waals surface area contributed by atoms with E-state index < -0.39 is 5.82 Å². The molecule has 0 saturated carbocycles. The summed E-state index contributed by atoms with van der Waals surface area (Å²) >= 11 is 6.14. The third-order valence-corrected chi connectivity index (χ3v) is 5.07. The number of aryl methyl sites for hydroxylation is 2. The van der Waals surface area contributed by atoms with E-state index in [4.69, 9.17) is 16.1 Å². The molecule has 27 heavy (non-hydrogen) atoms. The number of nitrogens with zero attached hydrogens (tertiary/aromatic N) is 3. The van der Waals surface area contributed by atoms with E-state index in [0.717, 1.165) is 16.7 Å². The molecule has 0 spiro atoms. The fraction of sp³-hybridized carbons (Fsp3) is 0.250. The first-order valence-corrected chi connectivity index (χ1v) is 8.97. The van der Waals surface area contributed by atoms with Gasteiger partial charge in [0.1, 0.15) is 5.82 Å². The second kappa shape index (κ2) is 6.78. The Morgan fingerprint density at radius 3 is 2.85 bits per heavy atom. The maximum atomic E-state index is 13.6. The van der Waals surface area contributed by atoms with Crippen LogP contribution in [0.4, 0.5) is 10.1 Å². The van der Waals surface area contributed by atoms with Crippen LogP contribution >= 0.6 is 11.6 Å². The van der Waals surface area contributed by atoms with Crippen molar-refractivity contribution in [2.45, 2.75) is 26.2 Å². The molecule has 1 fully saturated rings. The molecule has 5 nitrogen and oxygen atoms in total. The number of carbonyl (C=O) groups excluding carboxylic acids is 1. The summed E-state index contributed by atoms with van der Waals surface area (Å²) in [5.74, 6) is 0.0398. The summed E-state index contributed by atoms with van der Waals surface area (Å²) in [6.45, 7) is 4.30. The van der Waals surface area contributed by atoms with Gasteiger partial charge >= 0.3 is 0 Å². The topological polar surface area (TPSA) is 59.2 Å². The average molecular weight is 386 g/mol. The van der Waals surface area contributed by atoms with Crippen molar-refractivity contribution in [3.05, 3.63) is 64.3 Å². The van der Waals surface area contributed by atoms with Crippen molar-refractivity contribution in [2.24, 2.45) is 0 Å². The number of aromatic nitrogens is 2. The number of benzene rings is 2. The van der Waals surface area contributed by atoms with E-state index in [-0.39, 0.29) is 18.2 Å². The Bertz CT molecular complexity index is 1030. The molecule has 1 saturated heterocycles. The van der Waals surface area contributed by atoms with Crippen LogP contribution in [0.5, 0.6) is 0 Å². The lowest BCUT2D eigenvalue weighted by Gasteiger charge is -2.17. The lowest BCUT2D eigenvalue weighted by atomic mass is 10.1. The zero-order chi connectivity index (χ0) is 19.1. The highest BCUT2D eigenvalue weighted by Crippen LogP contribution is 2.36. The van der Waals surface area contributed by atoms with Gasteiger partial charge in [0.2, 0.25) is 17.6 Å². The fourth-order valence-electron chi connectivity index (χ4n) is 3.29. The first kappa shape index (κ1) is 17.7. The second-order valence-electron chi connectivity index (χ2n) is 6.78. The zero-order valence-electron chi connectivity index (χ0n) is 14.9. The molecule has 4 rings (SSSR count). The van der Waals surface area contributed by atoms with Crippen molar-refractivity contribution in [3.63, 3.8) is 0 Å². The minimum atomic E-state index is -0.444. The molecule has 1 aliphatic rings. The Morgan fingerprint density at radius 2 is 2.04 bits per heavy atom. The molecule has 1 amide bonds. The number of halogens is 2. The summed E-state index contributed by atoms with van der Waals surface area (Å²) in [6.07, 6.45) is 0.210. The van der Waals surface area contributed by atoms with Gasteiger partial charge in [0, 0.05) is 18.5 Å². The molecule has 7 heteroatoms. The van der Waals surface area contributed by atoms with Gasteiger partial charge in [-0.05, 0) is 43.7 Å². The average Bonchev–Trinajstić information content (AvgIpc) is 3.26. The monoisotopic (exact) mass is 385 g/mol. The maximum Gasteiger partial charge on any atom is 0.232 e. The molecule has 0 N–H and O–H groups in total. The summed E-state index contributed by atoms with van der Waals surface area (Å²) in [7, 11) is 0. The van der Waals surface area contributed by atoms with E-state index >= 15 is 0 Å². The Balaban J connectivity index is 1.61. The van der Waals surface area contributed by atoms with Gasteiger partial charge in [-0.3, -0.25) is 4.79 Å². The van der Waals surface area contributed by atoms with Crippen LogP contribution < -0.4 is 4.90 Å². The SMILES string of the molecule is Cc1ccc(C)c(-c2noc(C3CC(=O)N(c4cc(F)ccc4Cl)C3)n2)c1. The standard InChI is InChI=1S/C20H17ClFN3O2/c1-11-3-4-12(2)15(7-11)19-23-20(27-24-19)13-8-18(26)25(10-13)17-9-14(22)5-6-16(17)21/h3-7,9,13H,8,10H2,1-2H3. The third-order valence-electron chi connectivity index (χ3n) is 4.75. The van der Waals surface area contributed by atoms with E-state index in [1.54, 1.807) is 0 Å². The normalized spacial score (nSPS) is 17.0. The van der Waals surface area contributed by atoms with Crippen molar-refractivity contribution in [1.82, 2.24) is 10.1 Å². The highest BCUT2D eigenvalue weighted by Gasteiger charge is 2.36. The van der Waals surface area contributed by atoms with Crippen LogP contribution in [0.2, 0.25) is 5.02 Å². The van der Waals surface area contributed by atoms with Gasteiger partial charge in [-0.25, -0.2) is 4.39 Å². The van der Waals surface area contributed by atoms with Crippen LogP contribution in [0, 0.1) is 19.7 Å². The van der Waals surface area contributed by atoms with E-state index in [0.29, 0.717) is 29.0 Å². The molecule has 0 radical (unpaired) electrons. The Morgan fingerprint density at radius 1 is 1.22 bits per heavy atom. The number of hydrogen-bond donors (Lipinski definition) is 0. The van der Waals surface area contributed by atoms with E-state index in [1.807, 2.05) is 32.0 Å². The van der Waals surface area contributed by atoms with Crippen LogP contribution in [-0.4, -0.2) is 22.6 Å².